The molecular formula is C15H26N2OS. The number of ether oxygens (including phenoxy) is 1. The molecule has 108 valence electrons. The zero-order valence-electron chi connectivity index (χ0n) is 12.2. The van der Waals surface area contributed by atoms with E-state index in [-0.39, 0.29) is 5.60 Å². The molecule has 1 aromatic heterocycles. The van der Waals surface area contributed by atoms with Gasteiger partial charge >= 0.3 is 0 Å². The van der Waals surface area contributed by atoms with Gasteiger partial charge in [-0.3, -0.25) is 0 Å². The lowest BCUT2D eigenvalue weighted by atomic mass is 9.95. The monoisotopic (exact) mass is 282 g/mol. The highest BCUT2D eigenvalue weighted by atomic mass is 32.1. The molecule has 1 aromatic rings. The summed E-state index contributed by atoms with van der Waals surface area (Å²) in [4.78, 5) is 4.83. The third-order valence-electron chi connectivity index (χ3n) is 3.83. The number of nitrogens with one attached hydrogen (secondary N) is 1. The van der Waals surface area contributed by atoms with Gasteiger partial charge in [-0.15, -0.1) is 11.3 Å². The molecule has 4 heteroatoms. The number of rotatable bonds is 6. The number of thiazole rings is 1. The van der Waals surface area contributed by atoms with E-state index < -0.39 is 0 Å². The molecular weight excluding hydrogens is 256 g/mol. The van der Waals surface area contributed by atoms with Gasteiger partial charge in [-0.25, -0.2) is 4.98 Å². The Kier molecular flexibility index (Phi) is 5.79. The minimum atomic E-state index is -0.0968. The van der Waals surface area contributed by atoms with Crippen LogP contribution in [0.3, 0.4) is 0 Å². The largest absolute Gasteiger partial charge is 0.368 e. The number of nitrogens with zero attached hydrogens (tertiary/aromatic N) is 1. The van der Waals surface area contributed by atoms with Gasteiger partial charge in [-0.05, 0) is 26.3 Å². The van der Waals surface area contributed by atoms with Crippen LogP contribution in [0.4, 0.5) is 0 Å². The molecule has 0 bridgehead atoms. The maximum Gasteiger partial charge on any atom is 0.125 e. The molecule has 0 amide bonds. The second-order valence-corrected chi connectivity index (χ2v) is 6.12. The minimum absolute atomic E-state index is 0.0968. The van der Waals surface area contributed by atoms with E-state index in [1.165, 1.54) is 30.7 Å². The van der Waals surface area contributed by atoms with E-state index in [4.69, 9.17) is 9.72 Å². The van der Waals surface area contributed by atoms with E-state index in [0.29, 0.717) is 0 Å². The number of aromatic nitrogens is 1. The lowest BCUT2D eigenvalue weighted by Gasteiger charge is -2.30. The molecule has 1 aliphatic carbocycles. The van der Waals surface area contributed by atoms with E-state index in [9.17, 15) is 0 Å². The predicted octanol–water partition coefficient (Wildman–Crippen LogP) is 3.84. The van der Waals surface area contributed by atoms with Crippen LogP contribution in [0, 0.1) is 0 Å². The van der Waals surface area contributed by atoms with Crippen LogP contribution in [0.1, 0.15) is 63.1 Å². The van der Waals surface area contributed by atoms with Gasteiger partial charge in [0, 0.05) is 18.5 Å². The summed E-state index contributed by atoms with van der Waals surface area (Å²) in [5, 5.41) is 6.72. The van der Waals surface area contributed by atoms with Gasteiger partial charge in [0.25, 0.3) is 0 Å². The van der Waals surface area contributed by atoms with Crippen LogP contribution in [0.25, 0.3) is 0 Å². The Morgan fingerprint density at radius 1 is 1.26 bits per heavy atom. The molecule has 1 saturated carbocycles. The first kappa shape index (κ1) is 14.9. The molecule has 0 aromatic carbocycles. The van der Waals surface area contributed by atoms with Gasteiger partial charge in [-0.2, -0.15) is 0 Å². The van der Waals surface area contributed by atoms with Crippen LogP contribution in [0.15, 0.2) is 5.38 Å². The molecule has 1 heterocycles. The first-order valence-electron chi connectivity index (χ1n) is 7.60. The topological polar surface area (TPSA) is 34.1 Å². The van der Waals surface area contributed by atoms with Crippen molar-refractivity contribution in [3.05, 3.63) is 16.1 Å². The average Bonchev–Trinajstić information content (AvgIpc) is 2.77. The zero-order chi connectivity index (χ0) is 13.6. The quantitative estimate of drug-likeness (QED) is 0.805. The molecule has 1 N–H and O–H groups in total. The van der Waals surface area contributed by atoms with Crippen molar-refractivity contribution < 1.29 is 4.74 Å². The Labute approximate surface area is 120 Å². The van der Waals surface area contributed by atoms with Gasteiger partial charge in [0.1, 0.15) is 10.6 Å². The summed E-state index contributed by atoms with van der Waals surface area (Å²) in [6, 6.07) is 0. The highest BCUT2D eigenvalue weighted by Crippen LogP contribution is 2.40. The van der Waals surface area contributed by atoms with E-state index in [1.54, 1.807) is 11.3 Å². The highest BCUT2D eigenvalue weighted by Gasteiger charge is 2.36. The van der Waals surface area contributed by atoms with Crippen molar-refractivity contribution >= 4 is 11.3 Å². The Bertz CT molecular complexity index is 370. The summed E-state index contributed by atoms with van der Waals surface area (Å²) < 4.78 is 6.18. The Morgan fingerprint density at radius 2 is 2.00 bits per heavy atom. The first-order chi connectivity index (χ1) is 9.30. The summed E-state index contributed by atoms with van der Waals surface area (Å²) in [6.45, 7) is 6.86. The van der Waals surface area contributed by atoms with Crippen molar-refractivity contribution in [1.82, 2.24) is 10.3 Å². The molecule has 1 fully saturated rings. The minimum Gasteiger partial charge on any atom is -0.368 e. The fourth-order valence-electron chi connectivity index (χ4n) is 2.85. The normalized spacial score (nSPS) is 19.3. The van der Waals surface area contributed by atoms with Gasteiger partial charge in [0.2, 0.25) is 0 Å². The van der Waals surface area contributed by atoms with Crippen LogP contribution in [-0.2, 0) is 16.9 Å². The smallest absolute Gasteiger partial charge is 0.125 e. The Hall–Kier alpha value is -0.450. The van der Waals surface area contributed by atoms with Crippen molar-refractivity contribution in [2.45, 2.75) is 64.5 Å². The van der Waals surface area contributed by atoms with Crippen LogP contribution in [0.2, 0.25) is 0 Å². The SMILES string of the molecule is CCNCc1csc(C2(OCC)CCCCCC2)n1. The van der Waals surface area contributed by atoms with Crippen LogP contribution in [0.5, 0.6) is 0 Å². The maximum absolute atomic E-state index is 6.18. The number of hydrogen-bond donors (Lipinski definition) is 1. The summed E-state index contributed by atoms with van der Waals surface area (Å²) in [6.07, 6.45) is 7.48. The van der Waals surface area contributed by atoms with E-state index in [0.717, 1.165) is 38.2 Å². The molecule has 3 nitrogen and oxygen atoms in total. The summed E-state index contributed by atoms with van der Waals surface area (Å²) in [5.74, 6) is 0. The van der Waals surface area contributed by atoms with Gasteiger partial charge in [0.15, 0.2) is 0 Å². The molecule has 0 saturated heterocycles. The summed E-state index contributed by atoms with van der Waals surface area (Å²) in [7, 11) is 0. The van der Waals surface area contributed by atoms with Gasteiger partial charge in [0.05, 0.1) is 5.69 Å². The maximum atomic E-state index is 6.18. The molecule has 2 rings (SSSR count). The molecule has 19 heavy (non-hydrogen) atoms. The number of hydrogen-bond acceptors (Lipinski definition) is 4. The van der Waals surface area contributed by atoms with Gasteiger partial charge in [-0.1, -0.05) is 32.6 Å². The van der Waals surface area contributed by atoms with Crippen molar-refractivity contribution in [2.75, 3.05) is 13.2 Å². The van der Waals surface area contributed by atoms with Crippen LogP contribution < -0.4 is 5.32 Å². The fraction of sp³-hybridized carbons (Fsp3) is 0.800. The Morgan fingerprint density at radius 3 is 2.63 bits per heavy atom. The van der Waals surface area contributed by atoms with E-state index >= 15 is 0 Å². The first-order valence-corrected chi connectivity index (χ1v) is 8.48. The molecule has 0 radical (unpaired) electrons. The molecule has 0 atom stereocenters. The third kappa shape index (κ3) is 3.77. The van der Waals surface area contributed by atoms with Crippen molar-refractivity contribution in [2.24, 2.45) is 0 Å². The lowest BCUT2D eigenvalue weighted by molar-refractivity contribution is -0.0560. The molecule has 0 unspecified atom stereocenters. The molecule has 1 aliphatic rings. The summed E-state index contributed by atoms with van der Waals surface area (Å²) in [5.41, 5.74) is 1.06. The third-order valence-corrected chi connectivity index (χ3v) is 4.91. The second kappa shape index (κ2) is 7.36. The van der Waals surface area contributed by atoms with Crippen molar-refractivity contribution in [3.8, 4) is 0 Å². The van der Waals surface area contributed by atoms with E-state index in [2.05, 4.69) is 24.5 Å². The van der Waals surface area contributed by atoms with Crippen molar-refractivity contribution in [1.29, 1.82) is 0 Å². The fourth-order valence-corrected chi connectivity index (χ4v) is 3.88. The molecule has 0 spiro atoms. The summed E-state index contributed by atoms with van der Waals surface area (Å²) >= 11 is 1.78. The standard InChI is InChI=1S/C15H26N2OS/c1-3-16-11-13-12-19-14(17-13)15(18-4-2)9-7-5-6-8-10-15/h12,16H,3-11H2,1-2H3. The van der Waals surface area contributed by atoms with Gasteiger partial charge < -0.3 is 10.1 Å². The van der Waals surface area contributed by atoms with Crippen molar-refractivity contribution in [3.63, 3.8) is 0 Å². The second-order valence-electron chi connectivity index (χ2n) is 5.27. The van der Waals surface area contributed by atoms with E-state index in [1.807, 2.05) is 0 Å². The molecule has 0 aliphatic heterocycles. The average molecular weight is 282 g/mol. The predicted molar refractivity (Wildman–Crippen MR) is 80.5 cm³/mol. The zero-order valence-corrected chi connectivity index (χ0v) is 13.0. The lowest BCUT2D eigenvalue weighted by Crippen LogP contribution is -2.29. The van der Waals surface area contributed by atoms with Crippen LogP contribution in [-0.4, -0.2) is 18.1 Å². The van der Waals surface area contributed by atoms with Crippen LogP contribution >= 0.6 is 11.3 Å². The Balaban J connectivity index is 2.14. The highest BCUT2D eigenvalue weighted by molar-refractivity contribution is 7.09.